The van der Waals surface area contributed by atoms with Crippen molar-refractivity contribution in [2.45, 2.75) is 12.4 Å². The minimum absolute atomic E-state index is 0.212. The van der Waals surface area contributed by atoms with Crippen LogP contribution in [0.5, 0.6) is 0 Å². The standard InChI is InChI=1S/C13H12ClNO2/c14-8-10-3-5-11(6-4-10)9-15-13(16)12-2-1-7-17-12/h1-7H,8-9H2,(H,15,16). The molecule has 0 unspecified atom stereocenters. The summed E-state index contributed by atoms with van der Waals surface area (Å²) in [6, 6.07) is 11.1. The van der Waals surface area contributed by atoms with E-state index >= 15 is 0 Å². The zero-order chi connectivity index (χ0) is 12.1. The Morgan fingerprint density at radius 2 is 1.88 bits per heavy atom. The smallest absolute Gasteiger partial charge is 0.287 e. The number of halogens is 1. The Hall–Kier alpha value is -1.74. The Morgan fingerprint density at radius 1 is 1.18 bits per heavy atom. The lowest BCUT2D eigenvalue weighted by molar-refractivity contribution is 0.0923. The van der Waals surface area contributed by atoms with E-state index in [4.69, 9.17) is 16.0 Å². The Labute approximate surface area is 104 Å². The highest BCUT2D eigenvalue weighted by Crippen LogP contribution is 2.07. The molecule has 0 radical (unpaired) electrons. The third-order valence-electron chi connectivity index (χ3n) is 2.38. The fourth-order valence-corrected chi connectivity index (χ4v) is 1.60. The predicted octanol–water partition coefficient (Wildman–Crippen LogP) is 2.95. The molecule has 1 aromatic carbocycles. The van der Waals surface area contributed by atoms with Crippen LogP contribution in [0.3, 0.4) is 0 Å². The van der Waals surface area contributed by atoms with E-state index in [9.17, 15) is 4.79 Å². The average molecular weight is 250 g/mol. The number of amides is 1. The number of furan rings is 1. The van der Waals surface area contributed by atoms with Gasteiger partial charge in [0, 0.05) is 12.4 Å². The highest BCUT2D eigenvalue weighted by atomic mass is 35.5. The summed E-state index contributed by atoms with van der Waals surface area (Å²) >= 11 is 5.69. The predicted molar refractivity (Wildman–Crippen MR) is 65.9 cm³/mol. The first-order chi connectivity index (χ1) is 8.29. The van der Waals surface area contributed by atoms with E-state index in [-0.39, 0.29) is 5.91 Å². The maximum Gasteiger partial charge on any atom is 0.287 e. The van der Waals surface area contributed by atoms with Gasteiger partial charge in [-0.2, -0.15) is 0 Å². The molecule has 0 bridgehead atoms. The number of hydrogen-bond donors (Lipinski definition) is 1. The minimum Gasteiger partial charge on any atom is -0.459 e. The Morgan fingerprint density at radius 3 is 2.47 bits per heavy atom. The van der Waals surface area contributed by atoms with E-state index in [1.807, 2.05) is 24.3 Å². The molecule has 4 heteroatoms. The summed E-state index contributed by atoms with van der Waals surface area (Å²) < 4.78 is 4.99. The van der Waals surface area contributed by atoms with Gasteiger partial charge in [-0.1, -0.05) is 24.3 Å². The van der Waals surface area contributed by atoms with E-state index in [0.29, 0.717) is 18.2 Å². The number of benzene rings is 1. The molecule has 2 aromatic rings. The van der Waals surface area contributed by atoms with Crippen LogP contribution >= 0.6 is 11.6 Å². The van der Waals surface area contributed by atoms with Gasteiger partial charge < -0.3 is 9.73 Å². The maximum atomic E-state index is 11.6. The van der Waals surface area contributed by atoms with Crippen LogP contribution in [0.2, 0.25) is 0 Å². The third kappa shape index (κ3) is 3.11. The van der Waals surface area contributed by atoms with Crippen molar-refractivity contribution in [1.29, 1.82) is 0 Å². The molecule has 1 N–H and O–H groups in total. The van der Waals surface area contributed by atoms with Gasteiger partial charge in [-0.25, -0.2) is 0 Å². The molecule has 0 saturated heterocycles. The van der Waals surface area contributed by atoms with Gasteiger partial charge >= 0.3 is 0 Å². The molecule has 88 valence electrons. The zero-order valence-electron chi connectivity index (χ0n) is 9.15. The number of nitrogens with one attached hydrogen (secondary N) is 1. The van der Waals surface area contributed by atoms with Gasteiger partial charge in [0.15, 0.2) is 5.76 Å². The topological polar surface area (TPSA) is 42.2 Å². The van der Waals surface area contributed by atoms with Gasteiger partial charge in [0.05, 0.1) is 6.26 Å². The summed E-state index contributed by atoms with van der Waals surface area (Å²) in [7, 11) is 0. The fourth-order valence-electron chi connectivity index (χ4n) is 1.42. The SMILES string of the molecule is O=C(NCc1ccc(CCl)cc1)c1ccco1. The normalized spacial score (nSPS) is 10.2. The van der Waals surface area contributed by atoms with Crippen molar-refractivity contribution in [3.63, 3.8) is 0 Å². The first-order valence-corrected chi connectivity index (χ1v) is 5.78. The van der Waals surface area contributed by atoms with Crippen molar-refractivity contribution < 1.29 is 9.21 Å². The molecule has 0 aliphatic heterocycles. The van der Waals surface area contributed by atoms with Crippen molar-refractivity contribution in [1.82, 2.24) is 5.32 Å². The van der Waals surface area contributed by atoms with Crippen LogP contribution in [0.15, 0.2) is 47.1 Å². The van der Waals surface area contributed by atoms with Crippen LogP contribution in [-0.4, -0.2) is 5.91 Å². The van der Waals surface area contributed by atoms with E-state index < -0.39 is 0 Å². The molecule has 0 fully saturated rings. The molecular formula is C13H12ClNO2. The molecule has 1 aromatic heterocycles. The summed E-state index contributed by atoms with van der Waals surface area (Å²) in [5.41, 5.74) is 2.09. The summed E-state index contributed by atoms with van der Waals surface area (Å²) in [4.78, 5) is 11.6. The van der Waals surface area contributed by atoms with E-state index in [2.05, 4.69) is 5.32 Å². The van der Waals surface area contributed by atoms with Crippen LogP contribution < -0.4 is 5.32 Å². The van der Waals surface area contributed by atoms with Gasteiger partial charge in [-0.15, -0.1) is 11.6 Å². The molecule has 1 heterocycles. The van der Waals surface area contributed by atoms with Crippen LogP contribution in [-0.2, 0) is 12.4 Å². The second-order valence-electron chi connectivity index (χ2n) is 3.61. The lowest BCUT2D eigenvalue weighted by Crippen LogP contribution is -2.22. The second-order valence-corrected chi connectivity index (χ2v) is 3.88. The summed E-state index contributed by atoms with van der Waals surface area (Å²) in [6.45, 7) is 0.474. The van der Waals surface area contributed by atoms with Gasteiger partial charge in [0.2, 0.25) is 0 Å². The summed E-state index contributed by atoms with van der Waals surface area (Å²) in [5, 5.41) is 2.77. The molecule has 0 aliphatic carbocycles. The van der Waals surface area contributed by atoms with Gasteiger partial charge in [-0.3, -0.25) is 4.79 Å². The van der Waals surface area contributed by atoms with Crippen molar-refractivity contribution in [2.24, 2.45) is 0 Å². The first kappa shape index (κ1) is 11.7. The Kier molecular flexibility index (Phi) is 3.83. The van der Waals surface area contributed by atoms with Gasteiger partial charge in [-0.05, 0) is 23.3 Å². The van der Waals surface area contributed by atoms with Crippen molar-refractivity contribution in [3.8, 4) is 0 Å². The van der Waals surface area contributed by atoms with Crippen molar-refractivity contribution >= 4 is 17.5 Å². The highest BCUT2D eigenvalue weighted by Gasteiger charge is 2.07. The monoisotopic (exact) mass is 249 g/mol. The lowest BCUT2D eigenvalue weighted by Gasteiger charge is -2.04. The van der Waals surface area contributed by atoms with Crippen LogP contribution in [0.25, 0.3) is 0 Å². The van der Waals surface area contributed by atoms with Crippen LogP contribution in [0.4, 0.5) is 0 Å². The van der Waals surface area contributed by atoms with Gasteiger partial charge in [0.1, 0.15) is 0 Å². The molecule has 0 saturated carbocycles. The number of hydrogen-bond acceptors (Lipinski definition) is 2. The maximum absolute atomic E-state index is 11.6. The molecule has 0 atom stereocenters. The number of carbonyl (C=O) groups is 1. The van der Waals surface area contributed by atoms with Crippen molar-refractivity contribution in [3.05, 3.63) is 59.5 Å². The highest BCUT2D eigenvalue weighted by molar-refractivity contribution is 6.17. The van der Waals surface area contributed by atoms with Crippen LogP contribution in [0, 0.1) is 0 Å². The summed E-state index contributed by atoms with van der Waals surface area (Å²) in [6.07, 6.45) is 1.48. The van der Waals surface area contributed by atoms with Crippen molar-refractivity contribution in [2.75, 3.05) is 0 Å². The summed E-state index contributed by atoms with van der Waals surface area (Å²) in [5.74, 6) is 0.609. The van der Waals surface area contributed by atoms with E-state index in [1.54, 1.807) is 12.1 Å². The fraction of sp³-hybridized carbons (Fsp3) is 0.154. The van der Waals surface area contributed by atoms with Crippen LogP contribution in [0.1, 0.15) is 21.7 Å². The first-order valence-electron chi connectivity index (χ1n) is 5.25. The van der Waals surface area contributed by atoms with Gasteiger partial charge in [0.25, 0.3) is 5.91 Å². The minimum atomic E-state index is -0.212. The molecule has 2 rings (SSSR count). The molecular weight excluding hydrogens is 238 g/mol. The largest absolute Gasteiger partial charge is 0.459 e. The quantitative estimate of drug-likeness (QED) is 0.847. The Bertz CT molecular complexity index is 477. The molecule has 0 aliphatic rings. The Balaban J connectivity index is 1.91. The number of rotatable bonds is 4. The zero-order valence-corrected chi connectivity index (χ0v) is 9.91. The average Bonchev–Trinajstić information content (AvgIpc) is 2.90. The van der Waals surface area contributed by atoms with E-state index in [1.165, 1.54) is 6.26 Å². The molecule has 3 nitrogen and oxygen atoms in total. The molecule has 0 spiro atoms. The molecule has 1 amide bonds. The third-order valence-corrected chi connectivity index (χ3v) is 2.68. The second kappa shape index (κ2) is 5.55. The molecule has 17 heavy (non-hydrogen) atoms. The number of alkyl halides is 1. The number of carbonyl (C=O) groups excluding carboxylic acids is 1. The lowest BCUT2D eigenvalue weighted by atomic mass is 10.1. The van der Waals surface area contributed by atoms with E-state index in [0.717, 1.165) is 11.1 Å².